The van der Waals surface area contributed by atoms with E-state index in [2.05, 4.69) is 0 Å². The number of nitrogens with zero attached hydrogens (tertiary/aromatic N) is 1. The van der Waals surface area contributed by atoms with Crippen LogP contribution in [0.2, 0.25) is 5.02 Å². The van der Waals surface area contributed by atoms with Gasteiger partial charge in [0.1, 0.15) is 6.04 Å². The molecule has 108 valence electrons. The smallest absolute Gasteiger partial charge is 0.327 e. The summed E-state index contributed by atoms with van der Waals surface area (Å²) < 4.78 is 0. The van der Waals surface area contributed by atoms with Crippen molar-refractivity contribution in [3.63, 3.8) is 0 Å². The Morgan fingerprint density at radius 3 is 2.90 bits per heavy atom. The van der Waals surface area contributed by atoms with E-state index in [1.54, 1.807) is 0 Å². The summed E-state index contributed by atoms with van der Waals surface area (Å²) in [5.74, 6) is 0.491. The molecule has 1 N–H and O–H groups in total. The third kappa shape index (κ3) is 3.84. The van der Waals surface area contributed by atoms with Gasteiger partial charge in [0.25, 0.3) is 0 Å². The minimum absolute atomic E-state index is 0.109. The van der Waals surface area contributed by atoms with Gasteiger partial charge >= 0.3 is 5.97 Å². The number of carbonyl (C=O) groups is 2. The summed E-state index contributed by atoms with van der Waals surface area (Å²) in [5, 5.41) is 9.71. The van der Waals surface area contributed by atoms with E-state index in [9.17, 15) is 9.59 Å². The third-order valence-electron chi connectivity index (χ3n) is 2.90. The van der Waals surface area contributed by atoms with Gasteiger partial charge in [-0.05, 0) is 12.1 Å². The Hall–Kier alpha value is -0.850. The van der Waals surface area contributed by atoms with Gasteiger partial charge in [-0.25, -0.2) is 4.79 Å². The molecule has 20 heavy (non-hydrogen) atoms. The first-order valence-electron chi connectivity index (χ1n) is 6.07. The van der Waals surface area contributed by atoms with Crippen LogP contribution in [-0.2, 0) is 9.59 Å². The average Bonchev–Trinajstić information content (AvgIpc) is 2.90. The maximum absolute atomic E-state index is 12.0. The largest absolute Gasteiger partial charge is 0.480 e. The molecule has 0 radical (unpaired) electrons. The highest BCUT2D eigenvalue weighted by Crippen LogP contribution is 2.28. The van der Waals surface area contributed by atoms with Crippen molar-refractivity contribution < 1.29 is 14.7 Å². The fraction of sp³-hybridized carbons (Fsp3) is 0.385. The lowest BCUT2D eigenvalue weighted by atomic mass is 10.3. The normalized spacial score (nSPS) is 18.2. The van der Waals surface area contributed by atoms with E-state index in [-0.39, 0.29) is 5.91 Å². The number of rotatable bonds is 5. The molecule has 0 aromatic heterocycles. The van der Waals surface area contributed by atoms with Crippen LogP contribution in [0.1, 0.15) is 6.42 Å². The number of halogens is 1. The standard InChI is InChI=1S/C13H14ClNO3S2/c14-9-3-1-2-4-11(9)20-6-5-12(16)15-8-19-7-10(15)13(17)18/h1-4,10H,5-8H2,(H,17,18)/t10-/m0/s1. The summed E-state index contributed by atoms with van der Waals surface area (Å²) in [7, 11) is 0. The Morgan fingerprint density at radius 2 is 2.20 bits per heavy atom. The van der Waals surface area contributed by atoms with Crippen LogP contribution in [0.25, 0.3) is 0 Å². The van der Waals surface area contributed by atoms with E-state index < -0.39 is 12.0 Å². The van der Waals surface area contributed by atoms with Crippen LogP contribution in [0, 0.1) is 0 Å². The zero-order valence-electron chi connectivity index (χ0n) is 10.6. The van der Waals surface area contributed by atoms with Crippen LogP contribution >= 0.6 is 35.1 Å². The highest BCUT2D eigenvalue weighted by Gasteiger charge is 2.33. The molecule has 0 spiro atoms. The lowest BCUT2D eigenvalue weighted by Crippen LogP contribution is -2.41. The number of hydrogen-bond donors (Lipinski definition) is 1. The zero-order valence-corrected chi connectivity index (χ0v) is 13.0. The van der Waals surface area contributed by atoms with Crippen LogP contribution < -0.4 is 0 Å². The van der Waals surface area contributed by atoms with Crippen LogP contribution in [0.5, 0.6) is 0 Å². The van der Waals surface area contributed by atoms with Crippen molar-refractivity contribution in [2.75, 3.05) is 17.4 Å². The Balaban J connectivity index is 1.84. The molecule has 0 bridgehead atoms. The predicted molar refractivity (Wildman–Crippen MR) is 82.4 cm³/mol. The first-order chi connectivity index (χ1) is 9.59. The minimum atomic E-state index is -0.929. The molecule has 1 aliphatic heterocycles. The summed E-state index contributed by atoms with van der Waals surface area (Å²) in [4.78, 5) is 25.4. The molecular weight excluding hydrogens is 318 g/mol. The van der Waals surface area contributed by atoms with Gasteiger partial charge < -0.3 is 10.0 Å². The highest BCUT2D eigenvalue weighted by molar-refractivity contribution is 7.99. The molecule has 4 nitrogen and oxygen atoms in total. The van der Waals surface area contributed by atoms with Crippen LogP contribution in [0.3, 0.4) is 0 Å². The zero-order chi connectivity index (χ0) is 14.5. The Bertz CT molecular complexity index is 512. The van der Waals surface area contributed by atoms with Crippen molar-refractivity contribution in [3.8, 4) is 0 Å². The van der Waals surface area contributed by atoms with Crippen LogP contribution in [0.15, 0.2) is 29.2 Å². The van der Waals surface area contributed by atoms with Gasteiger partial charge in [-0.3, -0.25) is 4.79 Å². The second-order valence-corrected chi connectivity index (χ2v) is 6.79. The summed E-state index contributed by atoms with van der Waals surface area (Å²) in [6.07, 6.45) is 0.320. The molecular formula is C13H14ClNO3S2. The van der Waals surface area contributed by atoms with Gasteiger partial charge in [-0.1, -0.05) is 23.7 Å². The molecule has 1 atom stereocenters. The maximum Gasteiger partial charge on any atom is 0.327 e. The first kappa shape index (κ1) is 15.5. The van der Waals surface area contributed by atoms with E-state index in [4.69, 9.17) is 16.7 Å². The number of carboxylic acid groups (broad SMARTS) is 1. The van der Waals surface area contributed by atoms with Gasteiger partial charge in [-0.2, -0.15) is 0 Å². The summed E-state index contributed by atoms with van der Waals surface area (Å²) in [5.41, 5.74) is 0. The molecule has 1 aromatic rings. The van der Waals surface area contributed by atoms with E-state index >= 15 is 0 Å². The Kier molecular flexibility index (Phi) is 5.63. The number of benzene rings is 1. The molecule has 1 saturated heterocycles. The number of thioether (sulfide) groups is 2. The van der Waals surface area contributed by atoms with Crippen LogP contribution in [0.4, 0.5) is 0 Å². The van der Waals surface area contributed by atoms with Crippen LogP contribution in [-0.4, -0.2) is 45.3 Å². The lowest BCUT2D eigenvalue weighted by Gasteiger charge is -2.20. The minimum Gasteiger partial charge on any atom is -0.480 e. The fourth-order valence-corrected chi connectivity index (χ4v) is 4.20. The third-order valence-corrected chi connectivity index (χ3v) is 5.43. The van der Waals surface area contributed by atoms with E-state index in [1.165, 1.54) is 28.4 Å². The molecule has 0 aliphatic carbocycles. The number of hydrogen-bond acceptors (Lipinski definition) is 4. The highest BCUT2D eigenvalue weighted by atomic mass is 35.5. The molecule has 2 rings (SSSR count). The Morgan fingerprint density at radius 1 is 1.45 bits per heavy atom. The van der Waals surface area contributed by atoms with Gasteiger partial charge in [0.15, 0.2) is 0 Å². The lowest BCUT2D eigenvalue weighted by molar-refractivity contribution is -0.147. The van der Waals surface area contributed by atoms with E-state index in [1.807, 2.05) is 24.3 Å². The van der Waals surface area contributed by atoms with Crippen molar-refractivity contribution >= 4 is 47.0 Å². The van der Waals surface area contributed by atoms with Crippen molar-refractivity contribution in [2.45, 2.75) is 17.4 Å². The van der Waals surface area contributed by atoms with Gasteiger partial charge in [0, 0.05) is 22.8 Å². The Labute approximate surface area is 130 Å². The monoisotopic (exact) mass is 331 g/mol. The van der Waals surface area contributed by atoms with Gasteiger partial charge in [0.2, 0.25) is 5.91 Å². The SMILES string of the molecule is O=C(O)[C@@H]1CSCN1C(=O)CCSc1ccccc1Cl. The molecule has 1 amide bonds. The maximum atomic E-state index is 12.0. The number of amides is 1. The predicted octanol–water partition coefficient (Wildman–Crippen LogP) is 2.81. The van der Waals surface area contributed by atoms with Crippen molar-refractivity contribution in [1.82, 2.24) is 4.90 Å². The van der Waals surface area contributed by atoms with Gasteiger partial charge in [-0.15, -0.1) is 23.5 Å². The average molecular weight is 332 g/mol. The second-order valence-electron chi connectivity index (χ2n) is 4.25. The number of carboxylic acids is 1. The second kappa shape index (κ2) is 7.24. The summed E-state index contributed by atoms with van der Waals surface area (Å²) in [6, 6.07) is 6.79. The quantitative estimate of drug-likeness (QED) is 0.841. The molecule has 0 saturated carbocycles. The first-order valence-corrected chi connectivity index (χ1v) is 8.59. The summed E-state index contributed by atoms with van der Waals surface area (Å²) >= 11 is 9.02. The van der Waals surface area contributed by atoms with Crippen molar-refractivity contribution in [3.05, 3.63) is 29.3 Å². The van der Waals surface area contributed by atoms with E-state index in [0.717, 1.165) is 4.90 Å². The summed E-state index contributed by atoms with van der Waals surface area (Å²) in [6.45, 7) is 0. The molecule has 0 unspecified atom stereocenters. The molecule has 1 fully saturated rings. The van der Waals surface area contributed by atoms with E-state index in [0.29, 0.717) is 28.8 Å². The molecule has 1 heterocycles. The topological polar surface area (TPSA) is 57.6 Å². The molecule has 1 aromatic carbocycles. The number of carbonyl (C=O) groups excluding carboxylic acids is 1. The van der Waals surface area contributed by atoms with Gasteiger partial charge in [0.05, 0.1) is 10.9 Å². The number of aliphatic carboxylic acids is 1. The fourth-order valence-electron chi connectivity index (χ4n) is 1.85. The van der Waals surface area contributed by atoms with Crippen molar-refractivity contribution in [2.24, 2.45) is 0 Å². The molecule has 7 heteroatoms. The van der Waals surface area contributed by atoms with Crippen molar-refractivity contribution in [1.29, 1.82) is 0 Å². The molecule has 1 aliphatic rings.